The van der Waals surface area contributed by atoms with Gasteiger partial charge in [-0.05, 0) is 36.3 Å². The Balaban J connectivity index is 1.40. The van der Waals surface area contributed by atoms with Crippen molar-refractivity contribution in [3.05, 3.63) is 23.8 Å². The Kier molecular flexibility index (Phi) is 6.55. The highest BCUT2D eigenvalue weighted by molar-refractivity contribution is 5.80. The second kappa shape index (κ2) is 9.34. The zero-order valence-electron chi connectivity index (χ0n) is 18.6. The molecule has 1 aromatic carbocycles. The van der Waals surface area contributed by atoms with Crippen molar-refractivity contribution in [2.24, 2.45) is 17.8 Å². The van der Waals surface area contributed by atoms with Crippen LogP contribution in [0.4, 0.5) is 4.79 Å². The van der Waals surface area contributed by atoms with Gasteiger partial charge in [0.25, 0.3) is 0 Å². The average Bonchev–Trinajstić information content (AvgIpc) is 3.26. The number of carbonyl (C=O) groups is 2. The van der Waals surface area contributed by atoms with Crippen molar-refractivity contribution in [2.75, 3.05) is 47.1 Å². The van der Waals surface area contributed by atoms with Crippen LogP contribution in [0, 0.1) is 17.8 Å². The number of benzene rings is 1. The summed E-state index contributed by atoms with van der Waals surface area (Å²) in [5.41, 5.74) is 0.981. The lowest BCUT2D eigenvalue weighted by Gasteiger charge is -2.29. The van der Waals surface area contributed by atoms with E-state index < -0.39 is 0 Å². The highest BCUT2D eigenvalue weighted by Gasteiger charge is 2.50. The van der Waals surface area contributed by atoms with Crippen LogP contribution in [0.3, 0.4) is 0 Å². The number of carbonyl (C=O) groups excluding carboxylic acids is 2. The monoisotopic (exact) mass is 431 g/mol. The number of morpholine rings is 1. The smallest absolute Gasteiger partial charge is 0.317 e. The van der Waals surface area contributed by atoms with Gasteiger partial charge in [-0.1, -0.05) is 6.92 Å². The molecule has 0 bridgehead atoms. The Morgan fingerprint density at radius 2 is 2.00 bits per heavy atom. The van der Waals surface area contributed by atoms with Crippen LogP contribution in [0.5, 0.6) is 11.5 Å². The molecule has 2 heterocycles. The number of urea groups is 1. The first-order valence-corrected chi connectivity index (χ1v) is 11.1. The standard InChI is InChI=1S/C23H33N3O5/c1-15-10-20-18(19(15)13-24-23(28)25-6-8-31-9-7-25)12-22(27)26(20)14-16-4-5-17(29-2)11-21(16)30-3/h4-5,11,15,18-20H,6-10,12-14H2,1-3H3,(H,24,28)/t15-,18-,19+,20+/m0/s1. The highest BCUT2D eigenvalue weighted by Crippen LogP contribution is 2.46. The molecule has 1 aliphatic carbocycles. The maximum Gasteiger partial charge on any atom is 0.317 e. The predicted octanol–water partition coefficient (Wildman–Crippen LogP) is 2.12. The summed E-state index contributed by atoms with van der Waals surface area (Å²) >= 11 is 0. The molecule has 3 fully saturated rings. The number of hydrogen-bond donors (Lipinski definition) is 1. The number of hydrogen-bond acceptors (Lipinski definition) is 5. The molecule has 0 spiro atoms. The topological polar surface area (TPSA) is 80.3 Å². The van der Waals surface area contributed by atoms with E-state index in [1.165, 1.54) is 0 Å². The zero-order valence-corrected chi connectivity index (χ0v) is 18.6. The minimum atomic E-state index is -0.0249. The Hall–Kier alpha value is -2.48. The van der Waals surface area contributed by atoms with Crippen LogP contribution >= 0.6 is 0 Å². The number of amides is 3. The molecule has 1 saturated carbocycles. The Labute approximate surface area is 183 Å². The fourth-order valence-electron chi connectivity index (χ4n) is 5.39. The van der Waals surface area contributed by atoms with Crippen LogP contribution in [0.2, 0.25) is 0 Å². The van der Waals surface area contributed by atoms with Crippen LogP contribution in [-0.2, 0) is 16.1 Å². The molecule has 1 aromatic rings. The van der Waals surface area contributed by atoms with E-state index in [1.54, 1.807) is 14.2 Å². The molecule has 0 aromatic heterocycles. The van der Waals surface area contributed by atoms with Gasteiger partial charge in [0.2, 0.25) is 5.91 Å². The summed E-state index contributed by atoms with van der Waals surface area (Å²) in [6.07, 6.45) is 1.51. The molecule has 4 atom stereocenters. The summed E-state index contributed by atoms with van der Waals surface area (Å²) in [6, 6.07) is 5.91. The molecule has 3 amide bonds. The van der Waals surface area contributed by atoms with Gasteiger partial charge in [-0.15, -0.1) is 0 Å². The summed E-state index contributed by atoms with van der Waals surface area (Å²) < 4.78 is 16.1. The maximum absolute atomic E-state index is 12.9. The van der Waals surface area contributed by atoms with Gasteiger partial charge in [0.1, 0.15) is 11.5 Å². The molecule has 0 unspecified atom stereocenters. The fraction of sp³-hybridized carbons (Fsp3) is 0.652. The Bertz CT molecular complexity index is 810. The second-order valence-electron chi connectivity index (χ2n) is 8.80. The van der Waals surface area contributed by atoms with Gasteiger partial charge in [-0.2, -0.15) is 0 Å². The molecule has 170 valence electrons. The highest BCUT2D eigenvalue weighted by atomic mass is 16.5. The van der Waals surface area contributed by atoms with E-state index in [0.717, 1.165) is 23.5 Å². The first-order valence-electron chi connectivity index (χ1n) is 11.1. The average molecular weight is 432 g/mol. The van der Waals surface area contributed by atoms with Gasteiger partial charge in [-0.3, -0.25) is 4.79 Å². The number of nitrogens with zero attached hydrogens (tertiary/aromatic N) is 2. The van der Waals surface area contributed by atoms with Crippen molar-refractivity contribution in [3.8, 4) is 11.5 Å². The van der Waals surface area contributed by atoms with Crippen molar-refractivity contribution in [2.45, 2.75) is 32.4 Å². The molecule has 3 aliphatic rings. The number of rotatable bonds is 6. The van der Waals surface area contributed by atoms with E-state index in [4.69, 9.17) is 14.2 Å². The molecular weight excluding hydrogens is 398 g/mol. The molecule has 4 rings (SSSR count). The summed E-state index contributed by atoms with van der Waals surface area (Å²) in [4.78, 5) is 29.2. The van der Waals surface area contributed by atoms with Gasteiger partial charge < -0.3 is 29.3 Å². The van der Waals surface area contributed by atoms with Crippen LogP contribution < -0.4 is 14.8 Å². The lowest BCUT2D eigenvalue weighted by atomic mass is 9.88. The maximum atomic E-state index is 12.9. The third-order valence-corrected chi connectivity index (χ3v) is 7.14. The minimum Gasteiger partial charge on any atom is -0.497 e. The van der Waals surface area contributed by atoms with E-state index >= 15 is 0 Å². The molecule has 2 saturated heterocycles. The van der Waals surface area contributed by atoms with E-state index in [9.17, 15) is 9.59 Å². The van der Waals surface area contributed by atoms with Crippen molar-refractivity contribution in [1.82, 2.24) is 15.1 Å². The zero-order chi connectivity index (χ0) is 22.0. The van der Waals surface area contributed by atoms with Crippen molar-refractivity contribution < 1.29 is 23.8 Å². The van der Waals surface area contributed by atoms with Gasteiger partial charge in [0.05, 0.1) is 27.4 Å². The normalized spacial score (nSPS) is 27.9. The van der Waals surface area contributed by atoms with Crippen molar-refractivity contribution >= 4 is 11.9 Å². The van der Waals surface area contributed by atoms with Gasteiger partial charge in [0.15, 0.2) is 0 Å². The van der Waals surface area contributed by atoms with Gasteiger partial charge in [0, 0.05) is 50.3 Å². The van der Waals surface area contributed by atoms with E-state index in [1.807, 2.05) is 28.0 Å². The predicted molar refractivity (Wildman–Crippen MR) is 115 cm³/mol. The third kappa shape index (κ3) is 4.44. The molecule has 0 radical (unpaired) electrons. The summed E-state index contributed by atoms with van der Waals surface area (Å²) in [5, 5.41) is 3.12. The molecule has 31 heavy (non-hydrogen) atoms. The Morgan fingerprint density at radius 1 is 1.23 bits per heavy atom. The first kappa shape index (κ1) is 21.7. The van der Waals surface area contributed by atoms with Crippen molar-refractivity contribution in [1.29, 1.82) is 0 Å². The third-order valence-electron chi connectivity index (χ3n) is 7.14. The number of methoxy groups -OCH3 is 2. The Morgan fingerprint density at radius 3 is 2.71 bits per heavy atom. The van der Waals surface area contributed by atoms with E-state index in [-0.39, 0.29) is 23.9 Å². The first-order chi connectivity index (χ1) is 15.0. The second-order valence-corrected chi connectivity index (χ2v) is 8.80. The molecule has 1 N–H and O–H groups in total. The van der Waals surface area contributed by atoms with Crippen LogP contribution in [0.1, 0.15) is 25.3 Å². The number of nitrogens with one attached hydrogen (secondary N) is 1. The summed E-state index contributed by atoms with van der Waals surface area (Å²) in [5.74, 6) is 2.68. The molecular formula is C23H33N3O5. The minimum absolute atomic E-state index is 0.0249. The van der Waals surface area contributed by atoms with Crippen molar-refractivity contribution in [3.63, 3.8) is 0 Å². The summed E-state index contributed by atoms with van der Waals surface area (Å²) in [7, 11) is 3.26. The SMILES string of the molecule is COc1ccc(CN2C(=O)C[C@H]3[C@H](CNC(=O)N4CCOCC4)[C@@H](C)C[C@H]32)c(OC)c1. The lowest BCUT2D eigenvalue weighted by Crippen LogP contribution is -2.47. The molecule has 8 heteroatoms. The van der Waals surface area contributed by atoms with Gasteiger partial charge in [-0.25, -0.2) is 4.79 Å². The summed E-state index contributed by atoms with van der Waals surface area (Å²) in [6.45, 7) is 5.84. The fourth-order valence-corrected chi connectivity index (χ4v) is 5.39. The van der Waals surface area contributed by atoms with Crippen LogP contribution in [-0.4, -0.2) is 74.8 Å². The van der Waals surface area contributed by atoms with E-state index in [2.05, 4.69) is 12.2 Å². The van der Waals surface area contributed by atoms with Crippen LogP contribution in [0.15, 0.2) is 18.2 Å². The quantitative estimate of drug-likeness (QED) is 0.746. The number of fused-ring (bicyclic) bond motifs is 1. The van der Waals surface area contributed by atoms with Gasteiger partial charge >= 0.3 is 6.03 Å². The molecule has 8 nitrogen and oxygen atoms in total. The number of ether oxygens (including phenoxy) is 3. The largest absolute Gasteiger partial charge is 0.497 e. The number of likely N-dealkylation sites (tertiary alicyclic amines) is 1. The van der Waals surface area contributed by atoms with E-state index in [0.29, 0.717) is 57.6 Å². The lowest BCUT2D eigenvalue weighted by molar-refractivity contribution is -0.129. The van der Waals surface area contributed by atoms with Crippen LogP contribution in [0.25, 0.3) is 0 Å². The molecule has 2 aliphatic heterocycles.